The Kier molecular flexibility index (Phi) is 5.49. The van der Waals surface area contributed by atoms with Crippen molar-refractivity contribution in [3.8, 4) is 22.8 Å². The maximum Gasteiger partial charge on any atom is 0.260 e. The standard InChI is InChI=1S/C21H15ClFN5O2/c1-12-16(10-24-19(26-12)13-5-3-2-4-6-13)20(29)25-11-18-27-21(30-28-18)15-8-7-14(22)9-17(15)23/h2-10H,11H2,1H3,(H,25,29). The van der Waals surface area contributed by atoms with Gasteiger partial charge in [-0.25, -0.2) is 14.4 Å². The lowest BCUT2D eigenvalue weighted by atomic mass is 10.2. The lowest BCUT2D eigenvalue weighted by Crippen LogP contribution is -2.24. The first-order valence-corrected chi connectivity index (χ1v) is 9.34. The summed E-state index contributed by atoms with van der Waals surface area (Å²) < 4.78 is 19.1. The van der Waals surface area contributed by atoms with E-state index < -0.39 is 5.82 Å². The summed E-state index contributed by atoms with van der Waals surface area (Å²) in [7, 11) is 0. The van der Waals surface area contributed by atoms with Gasteiger partial charge in [0, 0.05) is 16.8 Å². The second kappa shape index (κ2) is 8.38. The summed E-state index contributed by atoms with van der Waals surface area (Å²) in [5.74, 6) is -0.214. The van der Waals surface area contributed by atoms with Gasteiger partial charge in [0.25, 0.3) is 11.8 Å². The van der Waals surface area contributed by atoms with Crippen molar-refractivity contribution in [2.75, 3.05) is 0 Å². The Morgan fingerprint density at radius 3 is 2.70 bits per heavy atom. The zero-order valence-corrected chi connectivity index (χ0v) is 16.5. The van der Waals surface area contributed by atoms with Gasteiger partial charge in [-0.1, -0.05) is 47.1 Å². The van der Waals surface area contributed by atoms with Gasteiger partial charge in [0.1, 0.15) is 5.82 Å². The van der Waals surface area contributed by atoms with Crippen molar-refractivity contribution >= 4 is 17.5 Å². The Morgan fingerprint density at radius 2 is 1.97 bits per heavy atom. The number of nitrogens with one attached hydrogen (secondary N) is 1. The van der Waals surface area contributed by atoms with Crippen LogP contribution in [-0.4, -0.2) is 26.0 Å². The van der Waals surface area contributed by atoms with Crippen LogP contribution in [0, 0.1) is 12.7 Å². The first-order valence-electron chi connectivity index (χ1n) is 8.96. The molecule has 0 aliphatic carbocycles. The quantitative estimate of drug-likeness (QED) is 0.516. The van der Waals surface area contributed by atoms with E-state index in [1.54, 1.807) is 6.92 Å². The van der Waals surface area contributed by atoms with Gasteiger partial charge in [-0.2, -0.15) is 4.98 Å². The van der Waals surface area contributed by atoms with Crippen LogP contribution in [0.4, 0.5) is 4.39 Å². The van der Waals surface area contributed by atoms with Crippen molar-refractivity contribution in [3.05, 3.63) is 82.6 Å². The van der Waals surface area contributed by atoms with E-state index in [4.69, 9.17) is 16.1 Å². The Hall–Kier alpha value is -3.65. The highest BCUT2D eigenvalue weighted by Gasteiger charge is 2.16. The van der Waals surface area contributed by atoms with Gasteiger partial charge in [0.05, 0.1) is 23.4 Å². The summed E-state index contributed by atoms with van der Waals surface area (Å²) in [6.45, 7) is 1.73. The lowest BCUT2D eigenvalue weighted by molar-refractivity contribution is 0.0948. The van der Waals surface area contributed by atoms with E-state index in [1.165, 1.54) is 18.3 Å². The molecular formula is C21H15ClFN5O2. The molecule has 0 aliphatic rings. The molecule has 0 atom stereocenters. The van der Waals surface area contributed by atoms with Crippen LogP contribution in [0.15, 0.2) is 59.3 Å². The van der Waals surface area contributed by atoms with Crippen LogP contribution in [0.25, 0.3) is 22.8 Å². The molecule has 0 saturated heterocycles. The molecule has 2 aromatic carbocycles. The molecule has 0 fully saturated rings. The van der Waals surface area contributed by atoms with Crippen LogP contribution in [0.2, 0.25) is 5.02 Å². The molecule has 0 unspecified atom stereocenters. The molecule has 0 aliphatic heterocycles. The lowest BCUT2D eigenvalue weighted by Gasteiger charge is -2.07. The predicted molar refractivity (Wildman–Crippen MR) is 108 cm³/mol. The minimum atomic E-state index is -0.576. The Labute approximate surface area is 176 Å². The Balaban J connectivity index is 1.44. The molecule has 4 rings (SSSR count). The van der Waals surface area contributed by atoms with Gasteiger partial charge in [-0.05, 0) is 25.1 Å². The highest BCUT2D eigenvalue weighted by Crippen LogP contribution is 2.24. The molecular weight excluding hydrogens is 409 g/mol. The van der Waals surface area contributed by atoms with E-state index in [9.17, 15) is 9.18 Å². The fraction of sp³-hybridized carbons (Fsp3) is 0.0952. The van der Waals surface area contributed by atoms with E-state index in [2.05, 4.69) is 25.4 Å². The first kappa shape index (κ1) is 19.7. The van der Waals surface area contributed by atoms with Gasteiger partial charge in [0.2, 0.25) is 0 Å². The number of aryl methyl sites for hydroxylation is 1. The van der Waals surface area contributed by atoms with Gasteiger partial charge >= 0.3 is 0 Å². The number of benzene rings is 2. The fourth-order valence-corrected chi connectivity index (χ4v) is 2.93. The van der Waals surface area contributed by atoms with Gasteiger partial charge in [-0.15, -0.1) is 0 Å². The summed E-state index contributed by atoms with van der Waals surface area (Å²) >= 11 is 5.75. The third-order valence-corrected chi connectivity index (χ3v) is 4.53. The maximum atomic E-state index is 14.0. The number of amides is 1. The highest BCUT2D eigenvalue weighted by molar-refractivity contribution is 6.30. The van der Waals surface area contributed by atoms with Crippen LogP contribution in [0.3, 0.4) is 0 Å². The zero-order chi connectivity index (χ0) is 21.1. The molecule has 0 saturated carbocycles. The number of rotatable bonds is 5. The summed E-state index contributed by atoms with van der Waals surface area (Å²) in [6.07, 6.45) is 1.48. The van der Waals surface area contributed by atoms with E-state index in [-0.39, 0.29) is 34.8 Å². The molecule has 1 N–H and O–H groups in total. The number of carbonyl (C=O) groups is 1. The van der Waals surface area contributed by atoms with Crippen molar-refractivity contribution in [2.45, 2.75) is 13.5 Å². The third kappa shape index (κ3) is 4.18. The van der Waals surface area contributed by atoms with E-state index in [0.29, 0.717) is 17.1 Å². The summed E-state index contributed by atoms with van der Waals surface area (Å²) in [6, 6.07) is 13.6. The molecule has 4 aromatic rings. The fourth-order valence-electron chi connectivity index (χ4n) is 2.77. The van der Waals surface area contributed by atoms with Crippen molar-refractivity contribution in [1.29, 1.82) is 0 Å². The predicted octanol–water partition coefficient (Wildman–Crippen LogP) is 4.22. The summed E-state index contributed by atoms with van der Waals surface area (Å²) in [5, 5.41) is 6.71. The SMILES string of the molecule is Cc1nc(-c2ccccc2)ncc1C(=O)NCc1noc(-c2ccc(Cl)cc2F)n1. The molecule has 1 amide bonds. The van der Waals surface area contributed by atoms with Crippen LogP contribution >= 0.6 is 11.6 Å². The Bertz CT molecular complexity index is 1210. The second-order valence-corrected chi connectivity index (χ2v) is 6.82. The van der Waals surface area contributed by atoms with Crippen molar-refractivity contribution in [2.24, 2.45) is 0 Å². The largest absolute Gasteiger partial charge is 0.344 e. The number of hydrogen-bond donors (Lipinski definition) is 1. The van der Waals surface area contributed by atoms with Crippen LogP contribution < -0.4 is 5.32 Å². The molecule has 30 heavy (non-hydrogen) atoms. The smallest absolute Gasteiger partial charge is 0.260 e. The molecule has 0 bridgehead atoms. The van der Waals surface area contributed by atoms with E-state index in [0.717, 1.165) is 11.6 Å². The Morgan fingerprint density at radius 1 is 1.17 bits per heavy atom. The normalized spacial score (nSPS) is 10.8. The monoisotopic (exact) mass is 423 g/mol. The molecule has 2 heterocycles. The highest BCUT2D eigenvalue weighted by atomic mass is 35.5. The van der Waals surface area contributed by atoms with Gasteiger partial charge in [0.15, 0.2) is 11.6 Å². The molecule has 7 nitrogen and oxygen atoms in total. The number of aromatic nitrogens is 4. The molecule has 150 valence electrons. The minimum Gasteiger partial charge on any atom is -0.344 e. The summed E-state index contributed by atoms with van der Waals surface area (Å²) in [4.78, 5) is 25.3. The number of hydrogen-bond acceptors (Lipinski definition) is 6. The van der Waals surface area contributed by atoms with E-state index >= 15 is 0 Å². The van der Waals surface area contributed by atoms with Crippen LogP contribution in [0.5, 0.6) is 0 Å². The van der Waals surface area contributed by atoms with Gasteiger partial charge in [-0.3, -0.25) is 4.79 Å². The molecule has 9 heteroatoms. The van der Waals surface area contributed by atoms with Crippen molar-refractivity contribution in [3.63, 3.8) is 0 Å². The molecule has 2 aromatic heterocycles. The maximum absolute atomic E-state index is 14.0. The van der Waals surface area contributed by atoms with Crippen molar-refractivity contribution < 1.29 is 13.7 Å². The summed E-state index contributed by atoms with van der Waals surface area (Å²) in [5.41, 5.74) is 1.87. The van der Waals surface area contributed by atoms with Crippen LogP contribution in [-0.2, 0) is 6.54 Å². The number of carbonyl (C=O) groups excluding carboxylic acids is 1. The minimum absolute atomic E-state index is 0.000133. The third-order valence-electron chi connectivity index (χ3n) is 4.29. The molecule has 0 radical (unpaired) electrons. The van der Waals surface area contributed by atoms with Crippen LogP contribution in [0.1, 0.15) is 21.9 Å². The average Bonchev–Trinajstić information content (AvgIpc) is 3.21. The van der Waals surface area contributed by atoms with E-state index in [1.807, 2.05) is 30.3 Å². The average molecular weight is 424 g/mol. The van der Waals surface area contributed by atoms with Crippen molar-refractivity contribution in [1.82, 2.24) is 25.4 Å². The second-order valence-electron chi connectivity index (χ2n) is 6.38. The topological polar surface area (TPSA) is 93.8 Å². The first-order chi connectivity index (χ1) is 14.5. The van der Waals surface area contributed by atoms with Gasteiger partial charge < -0.3 is 9.84 Å². The number of halogens is 2. The molecule has 0 spiro atoms. The zero-order valence-electron chi connectivity index (χ0n) is 15.8. The number of nitrogens with zero attached hydrogens (tertiary/aromatic N) is 4.